The van der Waals surface area contributed by atoms with Gasteiger partial charge in [-0.25, -0.2) is 9.50 Å². The number of hydrogen-bond acceptors (Lipinski definition) is 5. The zero-order valence-electron chi connectivity index (χ0n) is 17.5. The summed E-state index contributed by atoms with van der Waals surface area (Å²) in [5.74, 6) is 1.38. The molecule has 0 aliphatic rings. The van der Waals surface area contributed by atoms with Crippen LogP contribution in [0.5, 0.6) is 5.75 Å². The van der Waals surface area contributed by atoms with Crippen molar-refractivity contribution in [3.05, 3.63) is 82.9 Å². The van der Waals surface area contributed by atoms with E-state index in [1.54, 1.807) is 28.7 Å². The normalized spacial score (nSPS) is 10.9. The Balaban J connectivity index is 1.77. The van der Waals surface area contributed by atoms with Crippen molar-refractivity contribution in [1.29, 1.82) is 0 Å². The second-order valence-corrected chi connectivity index (χ2v) is 7.21. The highest BCUT2D eigenvalue weighted by atomic mass is 16.5. The molecule has 4 aromatic rings. The molecule has 2 aromatic carbocycles. The zero-order valence-corrected chi connectivity index (χ0v) is 17.5. The standard InChI is InChI=1S/C23H23N5O2/c1-15-9-11-18(12-10-15)27(22(29)19-7-5-6-8-20(19)30-4)14-21-25-23-24-16(2)13-17(3)28(23)26-21/h5-13H,14H2,1-4H3. The summed E-state index contributed by atoms with van der Waals surface area (Å²) in [5, 5.41) is 4.57. The van der Waals surface area contributed by atoms with Crippen LogP contribution in [0.3, 0.4) is 0 Å². The van der Waals surface area contributed by atoms with Gasteiger partial charge in [0.05, 0.1) is 19.2 Å². The maximum Gasteiger partial charge on any atom is 0.262 e. The molecule has 0 N–H and O–H groups in total. The highest BCUT2D eigenvalue weighted by Gasteiger charge is 2.23. The van der Waals surface area contributed by atoms with E-state index >= 15 is 0 Å². The van der Waals surface area contributed by atoms with Gasteiger partial charge in [0, 0.05) is 17.1 Å². The van der Waals surface area contributed by atoms with Crippen LogP contribution in [0.2, 0.25) is 0 Å². The summed E-state index contributed by atoms with van der Waals surface area (Å²) in [4.78, 5) is 24.2. The number of aryl methyl sites for hydroxylation is 3. The monoisotopic (exact) mass is 401 g/mol. The molecule has 0 atom stereocenters. The minimum Gasteiger partial charge on any atom is -0.496 e. The van der Waals surface area contributed by atoms with Gasteiger partial charge in [0.25, 0.3) is 11.7 Å². The number of fused-ring (bicyclic) bond motifs is 1. The van der Waals surface area contributed by atoms with Gasteiger partial charge in [-0.2, -0.15) is 4.98 Å². The maximum atomic E-state index is 13.5. The number of carbonyl (C=O) groups is 1. The molecule has 2 heterocycles. The number of hydrogen-bond donors (Lipinski definition) is 0. The fraction of sp³-hybridized carbons (Fsp3) is 0.217. The summed E-state index contributed by atoms with van der Waals surface area (Å²) in [7, 11) is 1.56. The molecule has 0 aliphatic heterocycles. The van der Waals surface area contributed by atoms with E-state index < -0.39 is 0 Å². The summed E-state index contributed by atoms with van der Waals surface area (Å²) in [6.07, 6.45) is 0. The predicted octanol–water partition coefficient (Wildman–Crippen LogP) is 3.91. The number of carbonyl (C=O) groups excluding carboxylic acids is 1. The molecule has 7 heteroatoms. The molecule has 0 saturated carbocycles. The number of anilines is 1. The van der Waals surface area contributed by atoms with Gasteiger partial charge in [0.15, 0.2) is 5.82 Å². The van der Waals surface area contributed by atoms with Gasteiger partial charge >= 0.3 is 0 Å². The molecule has 0 saturated heterocycles. The van der Waals surface area contributed by atoms with Crippen molar-refractivity contribution < 1.29 is 9.53 Å². The average Bonchev–Trinajstić information content (AvgIpc) is 3.15. The number of amides is 1. The summed E-state index contributed by atoms with van der Waals surface area (Å²) in [5.41, 5.74) is 4.17. The Kier molecular flexibility index (Phi) is 5.18. The first-order valence-electron chi connectivity index (χ1n) is 9.67. The van der Waals surface area contributed by atoms with Gasteiger partial charge in [-0.05, 0) is 51.1 Å². The van der Waals surface area contributed by atoms with Crippen LogP contribution in [0, 0.1) is 20.8 Å². The number of benzene rings is 2. The smallest absolute Gasteiger partial charge is 0.262 e. The first kappa shape index (κ1) is 19.6. The van der Waals surface area contributed by atoms with Crippen molar-refractivity contribution in [1.82, 2.24) is 19.6 Å². The van der Waals surface area contributed by atoms with Gasteiger partial charge in [-0.1, -0.05) is 29.8 Å². The van der Waals surface area contributed by atoms with Crippen molar-refractivity contribution in [3.8, 4) is 5.75 Å². The van der Waals surface area contributed by atoms with Crippen molar-refractivity contribution >= 4 is 17.4 Å². The number of ether oxygens (including phenoxy) is 1. The van der Waals surface area contributed by atoms with Crippen LogP contribution in [0.15, 0.2) is 54.6 Å². The van der Waals surface area contributed by atoms with Crippen LogP contribution in [-0.2, 0) is 6.54 Å². The van der Waals surface area contributed by atoms with Crippen LogP contribution < -0.4 is 9.64 Å². The Hall–Kier alpha value is -3.74. The molecular weight excluding hydrogens is 378 g/mol. The van der Waals surface area contributed by atoms with Crippen molar-refractivity contribution in [2.75, 3.05) is 12.0 Å². The van der Waals surface area contributed by atoms with Gasteiger partial charge in [-0.15, -0.1) is 5.10 Å². The lowest BCUT2D eigenvalue weighted by Crippen LogP contribution is -2.31. The van der Waals surface area contributed by atoms with Gasteiger partial charge in [0.1, 0.15) is 5.75 Å². The number of nitrogens with zero attached hydrogens (tertiary/aromatic N) is 5. The molecule has 2 aromatic heterocycles. The molecule has 7 nitrogen and oxygen atoms in total. The van der Waals surface area contributed by atoms with E-state index in [9.17, 15) is 4.79 Å². The highest BCUT2D eigenvalue weighted by molar-refractivity contribution is 6.07. The van der Waals surface area contributed by atoms with Crippen LogP contribution in [-0.4, -0.2) is 32.6 Å². The molecule has 0 spiro atoms. The van der Waals surface area contributed by atoms with E-state index in [-0.39, 0.29) is 12.5 Å². The fourth-order valence-electron chi connectivity index (χ4n) is 3.39. The van der Waals surface area contributed by atoms with E-state index in [0.29, 0.717) is 22.9 Å². The van der Waals surface area contributed by atoms with Gasteiger partial charge < -0.3 is 9.64 Å². The second-order valence-electron chi connectivity index (χ2n) is 7.21. The van der Waals surface area contributed by atoms with Gasteiger partial charge in [0.2, 0.25) is 0 Å². The van der Waals surface area contributed by atoms with Crippen molar-refractivity contribution in [3.63, 3.8) is 0 Å². The van der Waals surface area contributed by atoms with E-state index in [1.807, 2.05) is 63.2 Å². The van der Waals surface area contributed by atoms with E-state index in [0.717, 1.165) is 22.6 Å². The quantitative estimate of drug-likeness (QED) is 0.507. The number of rotatable bonds is 5. The Labute approximate surface area is 175 Å². The lowest BCUT2D eigenvalue weighted by molar-refractivity contribution is 0.0981. The third-order valence-electron chi connectivity index (χ3n) is 4.89. The third kappa shape index (κ3) is 3.74. The molecule has 152 valence electrons. The first-order valence-corrected chi connectivity index (χ1v) is 9.67. The molecule has 4 rings (SSSR count). The Morgan fingerprint density at radius 1 is 1.03 bits per heavy atom. The molecular formula is C23H23N5O2. The third-order valence-corrected chi connectivity index (χ3v) is 4.89. The Morgan fingerprint density at radius 2 is 1.77 bits per heavy atom. The Bertz CT molecular complexity index is 1210. The number of methoxy groups -OCH3 is 1. The van der Waals surface area contributed by atoms with Crippen LogP contribution in [0.1, 0.15) is 33.1 Å². The van der Waals surface area contributed by atoms with Crippen molar-refractivity contribution in [2.24, 2.45) is 0 Å². The summed E-state index contributed by atoms with van der Waals surface area (Å²) in [6.45, 7) is 6.10. The number of para-hydroxylation sites is 1. The van der Waals surface area contributed by atoms with E-state index in [2.05, 4.69) is 15.1 Å². The number of aromatic nitrogens is 4. The molecule has 0 radical (unpaired) electrons. The van der Waals surface area contributed by atoms with E-state index in [4.69, 9.17) is 4.74 Å². The van der Waals surface area contributed by atoms with Crippen LogP contribution >= 0.6 is 0 Å². The SMILES string of the molecule is COc1ccccc1C(=O)N(Cc1nc2nc(C)cc(C)n2n1)c1ccc(C)cc1. The van der Waals surface area contributed by atoms with E-state index in [1.165, 1.54) is 0 Å². The van der Waals surface area contributed by atoms with Crippen LogP contribution in [0.25, 0.3) is 5.78 Å². The highest BCUT2D eigenvalue weighted by Crippen LogP contribution is 2.25. The first-order chi connectivity index (χ1) is 14.5. The van der Waals surface area contributed by atoms with Crippen LogP contribution in [0.4, 0.5) is 5.69 Å². The van der Waals surface area contributed by atoms with Crippen molar-refractivity contribution in [2.45, 2.75) is 27.3 Å². The minimum absolute atomic E-state index is 0.184. The zero-order chi connectivity index (χ0) is 21.3. The minimum atomic E-state index is -0.184. The molecule has 0 unspecified atom stereocenters. The second kappa shape index (κ2) is 7.94. The molecule has 1 amide bonds. The maximum absolute atomic E-state index is 13.5. The lowest BCUT2D eigenvalue weighted by Gasteiger charge is -2.22. The summed E-state index contributed by atoms with van der Waals surface area (Å²) >= 11 is 0. The predicted molar refractivity (Wildman–Crippen MR) is 115 cm³/mol. The Morgan fingerprint density at radius 3 is 2.50 bits per heavy atom. The molecule has 0 aliphatic carbocycles. The fourth-order valence-corrected chi connectivity index (χ4v) is 3.39. The average molecular weight is 401 g/mol. The summed E-state index contributed by atoms with van der Waals surface area (Å²) < 4.78 is 7.10. The molecule has 0 bridgehead atoms. The topological polar surface area (TPSA) is 72.6 Å². The largest absolute Gasteiger partial charge is 0.496 e. The molecule has 30 heavy (non-hydrogen) atoms. The summed E-state index contributed by atoms with van der Waals surface area (Å²) in [6, 6.07) is 16.9. The van der Waals surface area contributed by atoms with Gasteiger partial charge in [-0.3, -0.25) is 4.79 Å². The lowest BCUT2D eigenvalue weighted by atomic mass is 10.1. The molecule has 0 fully saturated rings.